The highest BCUT2D eigenvalue weighted by Crippen LogP contribution is 2.29. The molecule has 0 atom stereocenters. The molecule has 1 aliphatic rings. The first-order chi connectivity index (χ1) is 6.77. The summed E-state index contributed by atoms with van der Waals surface area (Å²) in [6.45, 7) is 4.02. The number of nitrogens with zero attached hydrogens (tertiary/aromatic N) is 1. The first kappa shape index (κ1) is 11.8. The van der Waals surface area contributed by atoms with Gasteiger partial charge in [-0.05, 0) is 31.6 Å². The van der Waals surface area contributed by atoms with Gasteiger partial charge in [0, 0.05) is 25.4 Å². The fourth-order valence-corrected chi connectivity index (χ4v) is 1.71. The van der Waals surface area contributed by atoms with Crippen molar-refractivity contribution >= 4 is 17.5 Å². The van der Waals surface area contributed by atoms with Crippen LogP contribution in [0.1, 0.15) is 39.0 Å². The minimum Gasteiger partial charge on any atom is -0.342 e. The molecule has 82 valence electrons. The Morgan fingerprint density at radius 1 is 1.50 bits per heavy atom. The minimum atomic E-state index is 0.291. The molecular weight excluding hydrogens is 198 g/mol. The van der Waals surface area contributed by atoms with Gasteiger partial charge in [-0.25, -0.2) is 0 Å². The Hall–Kier alpha value is -0.240. The second kappa shape index (κ2) is 6.28. The van der Waals surface area contributed by atoms with Crippen molar-refractivity contribution in [2.24, 2.45) is 5.92 Å². The van der Waals surface area contributed by atoms with Crippen LogP contribution in [0.2, 0.25) is 0 Å². The maximum Gasteiger partial charge on any atom is 0.222 e. The maximum atomic E-state index is 11.7. The van der Waals surface area contributed by atoms with Gasteiger partial charge in [0.2, 0.25) is 5.91 Å². The summed E-state index contributed by atoms with van der Waals surface area (Å²) in [7, 11) is 0. The van der Waals surface area contributed by atoms with Crippen LogP contribution in [0.3, 0.4) is 0 Å². The molecule has 0 aromatic carbocycles. The first-order valence-electron chi connectivity index (χ1n) is 5.61. The van der Waals surface area contributed by atoms with Gasteiger partial charge in [-0.2, -0.15) is 0 Å². The van der Waals surface area contributed by atoms with Gasteiger partial charge in [0.25, 0.3) is 0 Å². The Labute approximate surface area is 91.6 Å². The molecule has 0 heterocycles. The van der Waals surface area contributed by atoms with E-state index in [2.05, 4.69) is 6.92 Å². The van der Waals surface area contributed by atoms with Gasteiger partial charge in [0.15, 0.2) is 0 Å². The minimum absolute atomic E-state index is 0.291. The number of hydrogen-bond donors (Lipinski definition) is 0. The molecular formula is C11H20ClNO. The number of halogens is 1. The molecule has 14 heavy (non-hydrogen) atoms. The van der Waals surface area contributed by atoms with Crippen LogP contribution < -0.4 is 0 Å². The molecule has 0 bridgehead atoms. The predicted molar refractivity (Wildman–Crippen MR) is 59.5 cm³/mol. The summed E-state index contributed by atoms with van der Waals surface area (Å²) in [4.78, 5) is 13.7. The largest absolute Gasteiger partial charge is 0.342 e. The van der Waals surface area contributed by atoms with Crippen LogP contribution in [0.4, 0.5) is 0 Å². The van der Waals surface area contributed by atoms with E-state index >= 15 is 0 Å². The summed E-state index contributed by atoms with van der Waals surface area (Å²) in [6.07, 6.45) is 5.10. The SMILES string of the molecule is CCCN(CC1CC1)C(=O)CCCCl. The summed E-state index contributed by atoms with van der Waals surface area (Å²) in [5.74, 6) is 1.68. The third kappa shape index (κ3) is 4.32. The van der Waals surface area contributed by atoms with Gasteiger partial charge in [-0.3, -0.25) is 4.79 Å². The van der Waals surface area contributed by atoms with E-state index in [0.29, 0.717) is 18.2 Å². The molecule has 0 saturated heterocycles. The Morgan fingerprint density at radius 2 is 2.21 bits per heavy atom. The molecule has 2 nitrogen and oxygen atoms in total. The van der Waals surface area contributed by atoms with Crippen LogP contribution in [-0.4, -0.2) is 29.8 Å². The Bertz CT molecular complexity index is 180. The molecule has 1 aliphatic carbocycles. The molecule has 0 aromatic heterocycles. The lowest BCUT2D eigenvalue weighted by Crippen LogP contribution is -2.33. The van der Waals surface area contributed by atoms with E-state index in [1.807, 2.05) is 4.90 Å². The number of hydrogen-bond acceptors (Lipinski definition) is 1. The van der Waals surface area contributed by atoms with E-state index in [9.17, 15) is 4.79 Å². The predicted octanol–water partition coefficient (Wildman–Crippen LogP) is 2.65. The van der Waals surface area contributed by atoms with Gasteiger partial charge < -0.3 is 4.90 Å². The fraction of sp³-hybridized carbons (Fsp3) is 0.909. The van der Waals surface area contributed by atoms with Crippen LogP contribution in [-0.2, 0) is 4.79 Å². The van der Waals surface area contributed by atoms with Crippen molar-refractivity contribution < 1.29 is 4.79 Å². The molecule has 0 radical (unpaired) electrons. The van der Waals surface area contributed by atoms with Gasteiger partial charge in [-0.1, -0.05) is 6.92 Å². The molecule has 0 N–H and O–H groups in total. The molecule has 0 aliphatic heterocycles. The monoisotopic (exact) mass is 217 g/mol. The van der Waals surface area contributed by atoms with Gasteiger partial charge in [0.1, 0.15) is 0 Å². The van der Waals surface area contributed by atoms with E-state index in [-0.39, 0.29) is 0 Å². The quantitative estimate of drug-likeness (QED) is 0.601. The van der Waals surface area contributed by atoms with Crippen molar-refractivity contribution in [3.63, 3.8) is 0 Å². The second-order valence-electron chi connectivity index (χ2n) is 4.08. The van der Waals surface area contributed by atoms with Crippen molar-refractivity contribution in [2.45, 2.75) is 39.0 Å². The molecule has 1 saturated carbocycles. The number of alkyl halides is 1. The van der Waals surface area contributed by atoms with E-state index in [1.54, 1.807) is 0 Å². The second-order valence-corrected chi connectivity index (χ2v) is 4.45. The van der Waals surface area contributed by atoms with Crippen LogP contribution >= 0.6 is 11.6 Å². The molecule has 0 aromatic rings. The van der Waals surface area contributed by atoms with Gasteiger partial charge in [-0.15, -0.1) is 11.6 Å². The van der Waals surface area contributed by atoms with Crippen molar-refractivity contribution in [3.05, 3.63) is 0 Å². The highest BCUT2D eigenvalue weighted by molar-refractivity contribution is 6.17. The average molecular weight is 218 g/mol. The van der Waals surface area contributed by atoms with Crippen LogP contribution in [0.5, 0.6) is 0 Å². The highest BCUT2D eigenvalue weighted by Gasteiger charge is 2.25. The summed E-state index contributed by atoms with van der Waals surface area (Å²) in [6, 6.07) is 0. The van der Waals surface area contributed by atoms with Crippen molar-refractivity contribution in [1.29, 1.82) is 0 Å². The molecule has 0 unspecified atom stereocenters. The fourth-order valence-electron chi connectivity index (χ4n) is 1.58. The lowest BCUT2D eigenvalue weighted by Gasteiger charge is -2.21. The molecule has 3 heteroatoms. The third-order valence-corrected chi connectivity index (χ3v) is 2.81. The van der Waals surface area contributed by atoms with Gasteiger partial charge in [0.05, 0.1) is 0 Å². The van der Waals surface area contributed by atoms with Crippen molar-refractivity contribution in [1.82, 2.24) is 4.90 Å². The Balaban J connectivity index is 2.26. The molecule has 0 spiro atoms. The summed E-state index contributed by atoms with van der Waals surface area (Å²) in [5, 5.41) is 0. The van der Waals surface area contributed by atoms with Crippen LogP contribution in [0.15, 0.2) is 0 Å². The van der Waals surface area contributed by atoms with E-state index in [0.717, 1.165) is 31.8 Å². The molecule has 1 rings (SSSR count). The van der Waals surface area contributed by atoms with Crippen molar-refractivity contribution in [2.75, 3.05) is 19.0 Å². The zero-order valence-corrected chi connectivity index (χ0v) is 9.72. The third-order valence-electron chi connectivity index (χ3n) is 2.55. The van der Waals surface area contributed by atoms with Crippen LogP contribution in [0, 0.1) is 5.92 Å². The lowest BCUT2D eigenvalue weighted by molar-refractivity contribution is -0.131. The first-order valence-corrected chi connectivity index (χ1v) is 6.15. The zero-order valence-electron chi connectivity index (χ0n) is 8.97. The van der Waals surface area contributed by atoms with Gasteiger partial charge >= 0.3 is 0 Å². The standard InChI is InChI=1S/C11H20ClNO/c1-2-8-13(9-10-5-6-10)11(14)4-3-7-12/h10H,2-9H2,1H3. The molecule has 1 amide bonds. The number of carbonyl (C=O) groups is 1. The summed E-state index contributed by atoms with van der Waals surface area (Å²) in [5.41, 5.74) is 0. The topological polar surface area (TPSA) is 20.3 Å². The zero-order chi connectivity index (χ0) is 10.4. The highest BCUT2D eigenvalue weighted by atomic mass is 35.5. The number of carbonyl (C=O) groups excluding carboxylic acids is 1. The molecule has 1 fully saturated rings. The van der Waals surface area contributed by atoms with Crippen molar-refractivity contribution in [3.8, 4) is 0 Å². The summed E-state index contributed by atoms with van der Waals surface area (Å²) < 4.78 is 0. The van der Waals surface area contributed by atoms with E-state index in [1.165, 1.54) is 12.8 Å². The Kier molecular flexibility index (Phi) is 5.31. The smallest absolute Gasteiger partial charge is 0.222 e. The normalized spacial score (nSPS) is 15.6. The maximum absolute atomic E-state index is 11.7. The number of amides is 1. The Morgan fingerprint density at radius 3 is 2.71 bits per heavy atom. The summed E-state index contributed by atoms with van der Waals surface area (Å²) >= 11 is 5.57. The lowest BCUT2D eigenvalue weighted by atomic mass is 10.2. The van der Waals surface area contributed by atoms with E-state index in [4.69, 9.17) is 11.6 Å². The van der Waals surface area contributed by atoms with Crippen LogP contribution in [0.25, 0.3) is 0 Å². The average Bonchev–Trinajstić information content (AvgIpc) is 2.97. The number of rotatable bonds is 7. The van der Waals surface area contributed by atoms with E-state index < -0.39 is 0 Å².